The molecule has 1 aromatic carbocycles. The second-order valence-corrected chi connectivity index (χ2v) is 6.33. The molecule has 3 heteroatoms. The first-order valence-corrected chi connectivity index (χ1v) is 8.06. The van der Waals surface area contributed by atoms with Crippen LogP contribution in [0.5, 0.6) is 0 Å². The van der Waals surface area contributed by atoms with Crippen molar-refractivity contribution >= 4 is 22.7 Å². The molecule has 19 heavy (non-hydrogen) atoms. The number of benzene rings is 1. The Morgan fingerprint density at radius 3 is 2.79 bits per heavy atom. The summed E-state index contributed by atoms with van der Waals surface area (Å²) >= 11 is 1.98. The van der Waals surface area contributed by atoms with Gasteiger partial charge in [0.25, 0.3) is 0 Å². The number of fused-ring (bicyclic) bond motifs is 1. The molecule has 0 radical (unpaired) electrons. The highest BCUT2D eigenvalue weighted by molar-refractivity contribution is 7.99. The van der Waals surface area contributed by atoms with E-state index in [0.717, 1.165) is 11.4 Å². The fourth-order valence-corrected chi connectivity index (χ4v) is 4.24. The number of hydrogen-bond acceptors (Lipinski definition) is 3. The van der Waals surface area contributed by atoms with Gasteiger partial charge in [-0.2, -0.15) is 0 Å². The molecule has 100 valence electrons. The van der Waals surface area contributed by atoms with Crippen LogP contribution in [0.4, 0.5) is 0 Å². The molecular formula is C16H20N2S. The van der Waals surface area contributed by atoms with Gasteiger partial charge >= 0.3 is 0 Å². The number of thioether (sulfide) groups is 1. The Hall–Kier alpha value is -1.06. The first-order chi connectivity index (χ1) is 9.38. The van der Waals surface area contributed by atoms with E-state index in [1.54, 1.807) is 0 Å². The van der Waals surface area contributed by atoms with E-state index in [4.69, 9.17) is 5.73 Å². The van der Waals surface area contributed by atoms with E-state index in [-0.39, 0.29) is 0 Å². The summed E-state index contributed by atoms with van der Waals surface area (Å²) in [7, 11) is 0. The average molecular weight is 272 g/mol. The Balaban J connectivity index is 1.90. The van der Waals surface area contributed by atoms with E-state index in [9.17, 15) is 0 Å². The zero-order chi connectivity index (χ0) is 13.1. The SMILES string of the molecule is NCc1cnc2ccccc2c1SCC1CCCC1. The quantitative estimate of drug-likeness (QED) is 0.856. The smallest absolute Gasteiger partial charge is 0.0713 e. The first-order valence-electron chi connectivity index (χ1n) is 7.08. The van der Waals surface area contributed by atoms with Crippen molar-refractivity contribution in [2.75, 3.05) is 5.75 Å². The van der Waals surface area contributed by atoms with Gasteiger partial charge in [-0.3, -0.25) is 4.98 Å². The van der Waals surface area contributed by atoms with Crippen molar-refractivity contribution in [3.63, 3.8) is 0 Å². The van der Waals surface area contributed by atoms with Gasteiger partial charge in [-0.25, -0.2) is 0 Å². The highest BCUT2D eigenvalue weighted by atomic mass is 32.2. The van der Waals surface area contributed by atoms with Gasteiger partial charge in [-0.15, -0.1) is 11.8 Å². The van der Waals surface area contributed by atoms with E-state index in [0.29, 0.717) is 6.54 Å². The van der Waals surface area contributed by atoms with Crippen LogP contribution in [-0.2, 0) is 6.54 Å². The molecule has 0 spiro atoms. The Bertz CT molecular complexity index is 562. The van der Waals surface area contributed by atoms with Gasteiger partial charge < -0.3 is 5.73 Å². The molecule has 2 nitrogen and oxygen atoms in total. The van der Waals surface area contributed by atoms with Crippen LogP contribution in [0.2, 0.25) is 0 Å². The summed E-state index contributed by atoms with van der Waals surface area (Å²) in [6, 6.07) is 8.38. The highest BCUT2D eigenvalue weighted by Crippen LogP contribution is 2.35. The highest BCUT2D eigenvalue weighted by Gasteiger charge is 2.16. The lowest BCUT2D eigenvalue weighted by molar-refractivity contribution is 0.623. The molecule has 1 aliphatic rings. The lowest BCUT2D eigenvalue weighted by Gasteiger charge is -2.13. The fraction of sp³-hybridized carbons (Fsp3) is 0.438. The van der Waals surface area contributed by atoms with Crippen molar-refractivity contribution in [2.24, 2.45) is 11.7 Å². The van der Waals surface area contributed by atoms with Crippen molar-refractivity contribution in [1.82, 2.24) is 4.98 Å². The molecule has 1 saturated carbocycles. The van der Waals surface area contributed by atoms with Crippen LogP contribution >= 0.6 is 11.8 Å². The molecule has 1 aromatic heterocycles. The summed E-state index contributed by atoms with van der Waals surface area (Å²) in [5.41, 5.74) is 8.13. The molecule has 2 aromatic rings. The maximum Gasteiger partial charge on any atom is 0.0713 e. The lowest BCUT2D eigenvalue weighted by Crippen LogP contribution is -2.02. The summed E-state index contributed by atoms with van der Waals surface area (Å²) in [6.45, 7) is 0.574. The van der Waals surface area contributed by atoms with Crippen molar-refractivity contribution in [1.29, 1.82) is 0 Å². The number of nitrogens with two attached hydrogens (primary N) is 1. The van der Waals surface area contributed by atoms with Crippen LogP contribution in [0.15, 0.2) is 35.4 Å². The number of hydrogen-bond donors (Lipinski definition) is 1. The van der Waals surface area contributed by atoms with Gasteiger partial charge in [0.15, 0.2) is 0 Å². The second-order valence-electron chi connectivity index (χ2n) is 5.30. The monoisotopic (exact) mass is 272 g/mol. The Kier molecular flexibility index (Phi) is 4.04. The van der Waals surface area contributed by atoms with Crippen LogP contribution in [0.1, 0.15) is 31.2 Å². The molecule has 2 N–H and O–H groups in total. The predicted octanol–water partition coefficient (Wildman–Crippen LogP) is 3.98. The molecule has 0 unspecified atom stereocenters. The Morgan fingerprint density at radius 1 is 1.21 bits per heavy atom. The minimum Gasteiger partial charge on any atom is -0.326 e. The van der Waals surface area contributed by atoms with Crippen molar-refractivity contribution in [3.8, 4) is 0 Å². The third-order valence-corrected chi connectivity index (χ3v) is 5.37. The summed E-state index contributed by atoms with van der Waals surface area (Å²) < 4.78 is 0. The van der Waals surface area contributed by atoms with Crippen LogP contribution in [0.25, 0.3) is 10.9 Å². The summed E-state index contributed by atoms with van der Waals surface area (Å²) in [5.74, 6) is 2.11. The Labute approximate surface area is 118 Å². The van der Waals surface area contributed by atoms with Gasteiger partial charge in [-0.05, 0) is 30.4 Å². The number of pyridine rings is 1. The molecule has 1 heterocycles. The van der Waals surface area contributed by atoms with E-state index in [1.807, 2.05) is 24.0 Å². The van der Waals surface area contributed by atoms with Crippen molar-refractivity contribution in [2.45, 2.75) is 37.1 Å². The van der Waals surface area contributed by atoms with Crippen LogP contribution in [0.3, 0.4) is 0 Å². The van der Waals surface area contributed by atoms with Gasteiger partial charge in [-0.1, -0.05) is 31.0 Å². The third kappa shape index (κ3) is 2.77. The standard InChI is InChI=1S/C16H20N2S/c17-9-13-10-18-15-8-4-3-7-14(15)16(13)19-11-12-5-1-2-6-12/h3-4,7-8,10,12H,1-2,5-6,9,11,17H2. The normalized spacial score (nSPS) is 16.3. The minimum atomic E-state index is 0.574. The van der Waals surface area contributed by atoms with E-state index in [2.05, 4.69) is 23.2 Å². The first kappa shape index (κ1) is 12.9. The van der Waals surface area contributed by atoms with Gasteiger partial charge in [0.05, 0.1) is 5.52 Å². The van der Waals surface area contributed by atoms with E-state index < -0.39 is 0 Å². The lowest BCUT2D eigenvalue weighted by atomic mass is 10.1. The summed E-state index contributed by atoms with van der Waals surface area (Å²) in [6.07, 6.45) is 7.55. The zero-order valence-corrected chi connectivity index (χ0v) is 12.0. The molecule has 1 aliphatic carbocycles. The minimum absolute atomic E-state index is 0.574. The maximum absolute atomic E-state index is 5.87. The van der Waals surface area contributed by atoms with Gasteiger partial charge in [0.2, 0.25) is 0 Å². The summed E-state index contributed by atoms with van der Waals surface area (Å²) in [4.78, 5) is 5.85. The molecule has 0 aliphatic heterocycles. The third-order valence-electron chi connectivity index (χ3n) is 3.96. The number of nitrogens with zero attached hydrogens (tertiary/aromatic N) is 1. The van der Waals surface area contributed by atoms with E-state index in [1.165, 1.54) is 47.3 Å². The maximum atomic E-state index is 5.87. The summed E-state index contributed by atoms with van der Waals surface area (Å²) in [5, 5.41) is 1.26. The van der Waals surface area contributed by atoms with Crippen LogP contribution < -0.4 is 5.73 Å². The van der Waals surface area contributed by atoms with E-state index >= 15 is 0 Å². The zero-order valence-electron chi connectivity index (χ0n) is 11.1. The molecule has 0 bridgehead atoms. The predicted molar refractivity (Wildman–Crippen MR) is 82.3 cm³/mol. The molecule has 0 amide bonds. The molecule has 1 fully saturated rings. The largest absolute Gasteiger partial charge is 0.326 e. The molecule has 0 atom stereocenters. The number of rotatable bonds is 4. The van der Waals surface area contributed by atoms with Crippen LogP contribution in [0, 0.1) is 5.92 Å². The topological polar surface area (TPSA) is 38.9 Å². The molecule has 0 saturated heterocycles. The van der Waals surface area contributed by atoms with Gasteiger partial charge in [0.1, 0.15) is 0 Å². The van der Waals surface area contributed by atoms with Crippen molar-refractivity contribution < 1.29 is 0 Å². The number of para-hydroxylation sites is 1. The van der Waals surface area contributed by atoms with Crippen molar-refractivity contribution in [3.05, 3.63) is 36.0 Å². The van der Waals surface area contributed by atoms with Crippen LogP contribution in [-0.4, -0.2) is 10.7 Å². The van der Waals surface area contributed by atoms with Gasteiger partial charge in [0, 0.05) is 28.8 Å². The molecule has 3 rings (SSSR count). The second kappa shape index (κ2) is 5.93. The average Bonchev–Trinajstić information content (AvgIpc) is 2.97. The molecular weight excluding hydrogens is 252 g/mol. The Morgan fingerprint density at radius 2 is 2.00 bits per heavy atom. The fourth-order valence-electron chi connectivity index (χ4n) is 2.85. The number of aromatic nitrogens is 1.